The van der Waals surface area contributed by atoms with E-state index in [2.05, 4.69) is 4.85 Å². The standard InChI is InChI=1S/C27H27NO9/c1-12-16(29)8-14(9-17(12)30)24(35)36-20-11-27(4)10-15(28-5)23(34)26(2,3)25(27)37-22(20)13-6-18(31)21(33)19(32)7-13/h6-10,20,22,25,29-33H,11H2,1-4H3/t20-,22-,25?,27?/m0/s1. The van der Waals surface area contributed by atoms with Crippen LogP contribution in [0.5, 0.6) is 28.7 Å². The van der Waals surface area contributed by atoms with Gasteiger partial charge in [0.2, 0.25) is 5.70 Å². The van der Waals surface area contributed by atoms with Crippen molar-refractivity contribution in [1.82, 2.24) is 0 Å². The van der Waals surface area contributed by atoms with Gasteiger partial charge in [-0.3, -0.25) is 0 Å². The van der Waals surface area contributed by atoms with Crippen molar-refractivity contribution in [2.24, 2.45) is 10.8 Å². The minimum atomic E-state index is -1.13. The van der Waals surface area contributed by atoms with Gasteiger partial charge in [0.05, 0.1) is 18.2 Å². The zero-order valence-corrected chi connectivity index (χ0v) is 20.6. The molecule has 0 bridgehead atoms. The molecular formula is C27H27NO9. The van der Waals surface area contributed by atoms with E-state index in [4.69, 9.17) is 16.0 Å². The van der Waals surface area contributed by atoms with Crippen molar-refractivity contribution in [1.29, 1.82) is 0 Å². The number of benzene rings is 2. The topological polar surface area (TPSA) is 158 Å². The van der Waals surface area contributed by atoms with Gasteiger partial charge in [0.1, 0.15) is 23.7 Å². The molecule has 2 aromatic rings. The molecule has 5 N–H and O–H groups in total. The van der Waals surface area contributed by atoms with E-state index in [0.29, 0.717) is 0 Å². The van der Waals surface area contributed by atoms with E-state index in [9.17, 15) is 35.1 Å². The van der Waals surface area contributed by atoms with Crippen molar-refractivity contribution in [2.45, 2.75) is 52.4 Å². The predicted molar refractivity (Wildman–Crippen MR) is 129 cm³/mol. The molecule has 1 saturated heterocycles. The number of esters is 1. The van der Waals surface area contributed by atoms with Crippen LogP contribution in [-0.4, -0.2) is 49.5 Å². The molecule has 10 heteroatoms. The summed E-state index contributed by atoms with van der Waals surface area (Å²) < 4.78 is 12.2. The number of hydrogen-bond donors (Lipinski definition) is 5. The third-order valence-corrected chi connectivity index (χ3v) is 7.19. The Kier molecular flexibility index (Phi) is 6.08. The molecule has 194 valence electrons. The van der Waals surface area contributed by atoms with Gasteiger partial charge in [0, 0.05) is 16.4 Å². The molecule has 0 spiro atoms. The summed E-state index contributed by atoms with van der Waals surface area (Å²) in [5.41, 5.74) is -1.87. The Balaban J connectivity index is 1.80. The van der Waals surface area contributed by atoms with Gasteiger partial charge in [-0.1, -0.05) is 26.8 Å². The summed E-state index contributed by atoms with van der Waals surface area (Å²) >= 11 is 0. The average molecular weight is 510 g/mol. The summed E-state index contributed by atoms with van der Waals surface area (Å²) in [6.45, 7) is 14.0. The molecule has 2 unspecified atom stereocenters. The molecule has 1 fully saturated rings. The summed E-state index contributed by atoms with van der Waals surface area (Å²) in [7, 11) is 0. The number of allylic oxidation sites excluding steroid dienone is 1. The number of carbonyl (C=O) groups is 2. The highest BCUT2D eigenvalue weighted by molar-refractivity contribution is 6.02. The third-order valence-electron chi connectivity index (χ3n) is 7.19. The monoisotopic (exact) mass is 509 g/mol. The van der Waals surface area contributed by atoms with Crippen LogP contribution in [-0.2, 0) is 14.3 Å². The maximum atomic E-state index is 13.1. The van der Waals surface area contributed by atoms with Crippen LogP contribution < -0.4 is 0 Å². The lowest BCUT2D eigenvalue weighted by Crippen LogP contribution is -2.57. The average Bonchev–Trinajstić information content (AvgIpc) is 2.82. The van der Waals surface area contributed by atoms with Crippen LogP contribution in [0.15, 0.2) is 36.0 Å². The minimum Gasteiger partial charge on any atom is -0.508 e. The van der Waals surface area contributed by atoms with Gasteiger partial charge in [0.25, 0.3) is 0 Å². The maximum Gasteiger partial charge on any atom is 0.338 e. The Bertz CT molecular complexity index is 1340. The van der Waals surface area contributed by atoms with Crippen molar-refractivity contribution in [3.63, 3.8) is 0 Å². The summed E-state index contributed by atoms with van der Waals surface area (Å²) in [4.78, 5) is 29.5. The maximum absolute atomic E-state index is 13.1. The van der Waals surface area contributed by atoms with Crippen molar-refractivity contribution < 1.29 is 44.6 Å². The summed E-state index contributed by atoms with van der Waals surface area (Å²) in [5, 5.41) is 50.1. The predicted octanol–water partition coefficient (Wildman–Crippen LogP) is 4.00. The molecular weight excluding hydrogens is 482 g/mol. The SMILES string of the molecule is [C-]#[N+]C1=CC2(C)C[C@H](OC(=O)c3cc(O)c(C)c(O)c3)[C@H](c3cc(O)c(O)c(O)c3)OC2C(C)(C)C1=O. The fourth-order valence-electron chi connectivity index (χ4n) is 5.27. The lowest BCUT2D eigenvalue weighted by molar-refractivity contribution is -0.205. The van der Waals surface area contributed by atoms with E-state index < -0.39 is 58.1 Å². The van der Waals surface area contributed by atoms with Crippen molar-refractivity contribution in [3.05, 3.63) is 64.1 Å². The lowest BCUT2D eigenvalue weighted by atomic mass is 9.60. The van der Waals surface area contributed by atoms with E-state index >= 15 is 0 Å². The van der Waals surface area contributed by atoms with Crippen LogP contribution in [0.2, 0.25) is 0 Å². The van der Waals surface area contributed by atoms with Gasteiger partial charge in [-0.15, -0.1) is 0 Å². The number of phenolic OH excluding ortho intramolecular Hbond substituents is 5. The number of ketones is 1. The molecule has 4 rings (SSSR count). The highest BCUT2D eigenvalue weighted by Gasteiger charge is 2.58. The van der Waals surface area contributed by atoms with Gasteiger partial charge >= 0.3 is 5.97 Å². The number of ether oxygens (including phenoxy) is 2. The van der Waals surface area contributed by atoms with Crippen molar-refractivity contribution in [2.75, 3.05) is 0 Å². The fourth-order valence-corrected chi connectivity index (χ4v) is 5.27. The number of nitrogens with zero attached hydrogens (tertiary/aromatic N) is 1. The Hall–Kier alpha value is -4.23. The number of carbonyl (C=O) groups excluding carboxylic acids is 2. The Morgan fingerprint density at radius 3 is 2.14 bits per heavy atom. The molecule has 1 heterocycles. The van der Waals surface area contributed by atoms with Crippen LogP contribution in [0.25, 0.3) is 4.85 Å². The molecule has 0 amide bonds. The first-order valence-electron chi connectivity index (χ1n) is 11.5. The first-order valence-corrected chi connectivity index (χ1v) is 11.5. The zero-order chi connectivity index (χ0) is 27.4. The second-order valence-corrected chi connectivity index (χ2v) is 10.3. The number of aromatic hydroxyl groups is 5. The molecule has 10 nitrogen and oxygen atoms in total. The van der Waals surface area contributed by atoms with Gasteiger partial charge in [-0.05, 0) is 43.2 Å². The quantitative estimate of drug-likeness (QED) is 0.234. The molecule has 0 aromatic heterocycles. The molecule has 2 aromatic carbocycles. The molecule has 1 aliphatic heterocycles. The van der Waals surface area contributed by atoms with E-state index in [0.717, 1.165) is 24.3 Å². The highest BCUT2D eigenvalue weighted by atomic mass is 16.6. The van der Waals surface area contributed by atoms with E-state index in [-0.39, 0.29) is 40.3 Å². The molecule has 4 atom stereocenters. The van der Waals surface area contributed by atoms with Gasteiger partial charge in [-0.2, -0.15) is 0 Å². The van der Waals surface area contributed by atoms with E-state index in [1.54, 1.807) is 20.8 Å². The molecule has 0 radical (unpaired) electrons. The first kappa shape index (κ1) is 25.9. The van der Waals surface area contributed by atoms with Crippen molar-refractivity contribution >= 4 is 11.8 Å². The van der Waals surface area contributed by atoms with Crippen LogP contribution in [0, 0.1) is 24.3 Å². The number of hydrogen-bond acceptors (Lipinski definition) is 9. The summed E-state index contributed by atoms with van der Waals surface area (Å²) in [5.74, 6) is -3.89. The van der Waals surface area contributed by atoms with Crippen molar-refractivity contribution in [3.8, 4) is 28.7 Å². The second kappa shape index (κ2) is 8.71. The van der Waals surface area contributed by atoms with E-state index in [1.165, 1.54) is 13.0 Å². The third kappa shape index (κ3) is 4.21. The normalized spacial score (nSPS) is 26.5. The Morgan fingerprint density at radius 2 is 1.59 bits per heavy atom. The molecule has 0 saturated carbocycles. The van der Waals surface area contributed by atoms with Gasteiger partial charge in [-0.25, -0.2) is 9.64 Å². The number of Topliss-reactive ketones (excluding diaryl/α,β-unsaturated/α-hetero) is 1. The Morgan fingerprint density at radius 1 is 1.03 bits per heavy atom. The highest BCUT2D eigenvalue weighted by Crippen LogP contribution is 2.55. The second-order valence-electron chi connectivity index (χ2n) is 10.3. The number of rotatable bonds is 3. The summed E-state index contributed by atoms with van der Waals surface area (Å²) in [6, 6.07) is 4.62. The fraction of sp³-hybridized carbons (Fsp3) is 0.370. The molecule has 1 aliphatic carbocycles. The Labute approximate surface area is 212 Å². The van der Waals surface area contributed by atoms with Crippen LogP contribution in [0.4, 0.5) is 0 Å². The van der Waals surface area contributed by atoms with Crippen LogP contribution in [0.3, 0.4) is 0 Å². The molecule has 37 heavy (non-hydrogen) atoms. The van der Waals surface area contributed by atoms with Gasteiger partial charge in [0.15, 0.2) is 23.0 Å². The summed E-state index contributed by atoms with van der Waals surface area (Å²) in [6.07, 6.45) is -1.32. The first-order chi connectivity index (χ1) is 17.2. The number of fused-ring (bicyclic) bond motifs is 1. The van der Waals surface area contributed by atoms with Gasteiger partial charge < -0.3 is 39.8 Å². The largest absolute Gasteiger partial charge is 0.508 e. The zero-order valence-electron chi connectivity index (χ0n) is 20.6. The van der Waals surface area contributed by atoms with E-state index in [1.807, 2.05) is 0 Å². The lowest BCUT2D eigenvalue weighted by Gasteiger charge is -2.53. The minimum absolute atomic E-state index is 0.0517. The smallest absolute Gasteiger partial charge is 0.338 e. The molecule has 2 aliphatic rings. The van der Waals surface area contributed by atoms with Crippen LogP contribution >= 0.6 is 0 Å². The van der Waals surface area contributed by atoms with Crippen LogP contribution in [0.1, 0.15) is 54.8 Å². The number of phenols is 5.